The molecule has 6 heteroatoms. The van der Waals surface area contributed by atoms with Crippen LogP contribution in [0.2, 0.25) is 0 Å². The molecule has 2 heterocycles. The van der Waals surface area contributed by atoms with Gasteiger partial charge in [-0.15, -0.1) is 0 Å². The van der Waals surface area contributed by atoms with Crippen LogP contribution in [-0.2, 0) is 6.54 Å². The molecular formula is C13H15F2N3O. The van der Waals surface area contributed by atoms with Gasteiger partial charge in [-0.3, -0.25) is 0 Å². The van der Waals surface area contributed by atoms with Gasteiger partial charge in [-0.2, -0.15) is 0 Å². The molecule has 2 rings (SSSR count). The van der Waals surface area contributed by atoms with E-state index in [1.807, 2.05) is 6.92 Å². The summed E-state index contributed by atoms with van der Waals surface area (Å²) < 4.78 is 32.1. The third-order valence-corrected chi connectivity index (χ3v) is 2.48. The normalized spacial score (nSPS) is 10.5. The van der Waals surface area contributed by atoms with Crippen LogP contribution >= 0.6 is 0 Å². The molecule has 0 aliphatic heterocycles. The van der Waals surface area contributed by atoms with Gasteiger partial charge in [0.25, 0.3) is 0 Å². The molecule has 2 aromatic heterocycles. The van der Waals surface area contributed by atoms with Crippen LogP contribution in [0.25, 0.3) is 0 Å². The van der Waals surface area contributed by atoms with Gasteiger partial charge in [-0.05, 0) is 18.6 Å². The molecule has 0 aliphatic rings. The maximum Gasteiger partial charge on any atom is 0.168 e. The summed E-state index contributed by atoms with van der Waals surface area (Å²) >= 11 is 0. The van der Waals surface area contributed by atoms with Gasteiger partial charge in [0, 0.05) is 12.6 Å². The van der Waals surface area contributed by atoms with E-state index < -0.39 is 11.6 Å². The first-order chi connectivity index (χ1) is 9.20. The zero-order chi connectivity index (χ0) is 13.7. The van der Waals surface area contributed by atoms with Crippen molar-refractivity contribution in [2.75, 3.05) is 17.2 Å². The second-order valence-electron chi connectivity index (χ2n) is 4.01. The Morgan fingerprint density at radius 3 is 2.58 bits per heavy atom. The van der Waals surface area contributed by atoms with Crippen LogP contribution in [0.5, 0.6) is 0 Å². The van der Waals surface area contributed by atoms with Crippen molar-refractivity contribution in [1.29, 1.82) is 0 Å². The fourth-order valence-corrected chi connectivity index (χ4v) is 1.54. The van der Waals surface area contributed by atoms with Crippen LogP contribution in [0.1, 0.15) is 19.1 Å². The molecule has 0 fully saturated rings. The Bertz CT molecular complexity index is 529. The molecule has 0 radical (unpaired) electrons. The van der Waals surface area contributed by atoms with E-state index in [2.05, 4.69) is 15.6 Å². The number of hydrogen-bond donors (Lipinski definition) is 2. The van der Waals surface area contributed by atoms with Gasteiger partial charge in [0.2, 0.25) is 0 Å². The molecule has 2 aromatic rings. The van der Waals surface area contributed by atoms with E-state index in [0.29, 0.717) is 12.3 Å². The van der Waals surface area contributed by atoms with Crippen LogP contribution in [0.15, 0.2) is 28.9 Å². The highest BCUT2D eigenvalue weighted by Crippen LogP contribution is 2.19. The van der Waals surface area contributed by atoms with Gasteiger partial charge in [0.1, 0.15) is 5.76 Å². The van der Waals surface area contributed by atoms with Crippen molar-refractivity contribution < 1.29 is 13.2 Å². The third-order valence-electron chi connectivity index (χ3n) is 2.48. The fraction of sp³-hybridized carbons (Fsp3) is 0.308. The van der Waals surface area contributed by atoms with Crippen molar-refractivity contribution in [3.8, 4) is 0 Å². The van der Waals surface area contributed by atoms with E-state index in [9.17, 15) is 8.78 Å². The van der Waals surface area contributed by atoms with E-state index in [0.717, 1.165) is 12.5 Å². The highest BCUT2D eigenvalue weighted by molar-refractivity contribution is 5.47. The second kappa shape index (κ2) is 6.17. The summed E-state index contributed by atoms with van der Waals surface area (Å²) in [6.45, 7) is 2.81. The molecular weight excluding hydrogens is 252 g/mol. The van der Waals surface area contributed by atoms with Crippen molar-refractivity contribution >= 4 is 11.6 Å². The van der Waals surface area contributed by atoms with Crippen molar-refractivity contribution in [2.45, 2.75) is 19.9 Å². The maximum atomic E-state index is 13.6. The first-order valence-corrected chi connectivity index (χ1v) is 6.07. The van der Waals surface area contributed by atoms with Crippen molar-refractivity contribution in [1.82, 2.24) is 4.98 Å². The number of hydrogen-bond acceptors (Lipinski definition) is 4. The van der Waals surface area contributed by atoms with E-state index in [1.165, 1.54) is 6.26 Å². The number of nitrogens with zero attached hydrogens (tertiary/aromatic N) is 1. The maximum absolute atomic E-state index is 13.6. The summed E-state index contributed by atoms with van der Waals surface area (Å²) in [6.07, 6.45) is 2.35. The highest BCUT2D eigenvalue weighted by Gasteiger charge is 2.11. The van der Waals surface area contributed by atoms with E-state index in [1.54, 1.807) is 12.1 Å². The smallest absolute Gasteiger partial charge is 0.168 e. The van der Waals surface area contributed by atoms with Crippen LogP contribution in [0, 0.1) is 11.6 Å². The molecule has 0 aliphatic carbocycles. The minimum absolute atomic E-state index is 0.00333. The van der Waals surface area contributed by atoms with E-state index in [4.69, 9.17) is 4.42 Å². The molecule has 0 amide bonds. The first-order valence-electron chi connectivity index (χ1n) is 6.07. The SMILES string of the molecule is CCCNc1nc(NCc2ccco2)c(F)cc1F. The molecule has 0 saturated carbocycles. The average Bonchev–Trinajstić information content (AvgIpc) is 2.90. The van der Waals surface area contributed by atoms with Gasteiger partial charge < -0.3 is 15.1 Å². The Balaban J connectivity index is 2.10. The average molecular weight is 267 g/mol. The Labute approximate surface area is 109 Å². The van der Waals surface area contributed by atoms with Gasteiger partial charge in [-0.25, -0.2) is 13.8 Å². The summed E-state index contributed by atoms with van der Waals surface area (Å²) in [6, 6.07) is 4.31. The van der Waals surface area contributed by atoms with Crippen LogP contribution in [0.3, 0.4) is 0 Å². The van der Waals surface area contributed by atoms with E-state index in [-0.39, 0.29) is 18.2 Å². The molecule has 2 N–H and O–H groups in total. The first kappa shape index (κ1) is 13.3. The second-order valence-corrected chi connectivity index (χ2v) is 4.01. The summed E-state index contributed by atoms with van der Waals surface area (Å²) in [5.74, 6) is -0.740. The standard InChI is InChI=1S/C13H15F2N3O/c1-2-5-16-12-10(14)7-11(15)13(18-12)17-8-9-4-3-6-19-9/h3-4,6-7H,2,5,8H2,1H3,(H2,16,17,18). The lowest BCUT2D eigenvalue weighted by molar-refractivity contribution is 0.516. The summed E-state index contributed by atoms with van der Waals surface area (Å²) in [5.41, 5.74) is 0. The van der Waals surface area contributed by atoms with Crippen LogP contribution in [-0.4, -0.2) is 11.5 Å². The van der Waals surface area contributed by atoms with Crippen LogP contribution < -0.4 is 10.6 Å². The molecule has 0 bridgehead atoms. The summed E-state index contributed by atoms with van der Waals surface area (Å²) in [4.78, 5) is 3.89. The molecule has 0 spiro atoms. The lowest BCUT2D eigenvalue weighted by Crippen LogP contribution is -2.09. The zero-order valence-corrected chi connectivity index (χ0v) is 10.5. The van der Waals surface area contributed by atoms with Gasteiger partial charge in [-0.1, -0.05) is 6.92 Å². The number of pyridine rings is 1. The van der Waals surface area contributed by atoms with Crippen molar-refractivity contribution in [2.24, 2.45) is 0 Å². The monoisotopic (exact) mass is 267 g/mol. The zero-order valence-electron chi connectivity index (χ0n) is 10.5. The van der Waals surface area contributed by atoms with Crippen LogP contribution in [0.4, 0.5) is 20.4 Å². The Morgan fingerprint density at radius 1 is 1.21 bits per heavy atom. The number of halogens is 2. The fourth-order valence-electron chi connectivity index (χ4n) is 1.54. The summed E-state index contributed by atoms with van der Waals surface area (Å²) in [5, 5.41) is 5.58. The molecule has 0 unspecified atom stereocenters. The molecule has 19 heavy (non-hydrogen) atoms. The number of anilines is 2. The third kappa shape index (κ3) is 3.43. The minimum atomic E-state index is -0.730. The van der Waals surface area contributed by atoms with Gasteiger partial charge in [0.05, 0.1) is 12.8 Å². The van der Waals surface area contributed by atoms with Gasteiger partial charge in [0.15, 0.2) is 23.3 Å². The predicted molar refractivity (Wildman–Crippen MR) is 69.0 cm³/mol. The van der Waals surface area contributed by atoms with Crippen molar-refractivity contribution in [3.05, 3.63) is 41.9 Å². The number of rotatable bonds is 6. The van der Waals surface area contributed by atoms with Gasteiger partial charge >= 0.3 is 0 Å². The van der Waals surface area contributed by atoms with Crippen molar-refractivity contribution in [3.63, 3.8) is 0 Å². The molecule has 4 nitrogen and oxygen atoms in total. The Morgan fingerprint density at radius 2 is 1.95 bits per heavy atom. The number of furan rings is 1. The topological polar surface area (TPSA) is 50.1 Å². The minimum Gasteiger partial charge on any atom is -0.467 e. The van der Waals surface area contributed by atoms with E-state index >= 15 is 0 Å². The highest BCUT2D eigenvalue weighted by atomic mass is 19.1. The lowest BCUT2D eigenvalue weighted by Gasteiger charge is -2.10. The Kier molecular flexibility index (Phi) is 4.33. The number of aromatic nitrogens is 1. The molecule has 0 aromatic carbocycles. The quantitative estimate of drug-likeness (QED) is 0.842. The molecule has 102 valence electrons. The number of nitrogens with one attached hydrogen (secondary N) is 2. The molecule has 0 saturated heterocycles. The Hall–Kier alpha value is -2.11. The molecule has 0 atom stereocenters. The predicted octanol–water partition coefficient (Wildman–Crippen LogP) is 3.39. The largest absolute Gasteiger partial charge is 0.467 e. The summed E-state index contributed by atoms with van der Waals surface area (Å²) in [7, 11) is 0. The lowest BCUT2D eigenvalue weighted by atomic mass is 10.3.